The highest BCUT2D eigenvalue weighted by Gasteiger charge is 2.74. The van der Waals surface area contributed by atoms with Gasteiger partial charge in [-0.1, -0.05) is 42.7 Å². The summed E-state index contributed by atoms with van der Waals surface area (Å²) in [4.78, 5) is 42.9. The number of rotatable bonds is 11. The van der Waals surface area contributed by atoms with Crippen molar-refractivity contribution in [3.05, 3.63) is 41.9 Å². The van der Waals surface area contributed by atoms with Crippen LogP contribution in [0.3, 0.4) is 0 Å². The van der Waals surface area contributed by atoms with Gasteiger partial charge in [-0.15, -0.1) is 6.58 Å². The molecule has 0 aromatic heterocycles. The van der Waals surface area contributed by atoms with Crippen molar-refractivity contribution < 1.29 is 29.3 Å². The molecule has 8 nitrogen and oxygen atoms in total. The summed E-state index contributed by atoms with van der Waals surface area (Å²) < 4.78 is 6.25. The number of ether oxygens (including phenoxy) is 1. The van der Waals surface area contributed by atoms with Crippen LogP contribution >= 0.6 is 11.6 Å². The van der Waals surface area contributed by atoms with E-state index in [0.717, 1.165) is 12.8 Å². The van der Waals surface area contributed by atoms with Crippen molar-refractivity contribution in [1.82, 2.24) is 4.90 Å². The molecule has 5 atom stereocenters. The first-order valence-electron chi connectivity index (χ1n) is 11.9. The number of carboxylic acids is 1. The highest BCUT2D eigenvalue weighted by molar-refractivity contribution is 6.34. The lowest BCUT2D eigenvalue weighted by Crippen LogP contribution is -2.56. The lowest BCUT2D eigenvalue weighted by atomic mass is 9.70. The number of para-hydroxylation sites is 1. The Morgan fingerprint density at radius 1 is 1.26 bits per heavy atom. The Kier molecular flexibility index (Phi) is 7.31. The van der Waals surface area contributed by atoms with Crippen LogP contribution in [0.25, 0.3) is 0 Å². The molecule has 3 saturated heterocycles. The normalized spacial score (nSPS) is 29.4. The first kappa shape index (κ1) is 24.7. The quantitative estimate of drug-likeness (QED) is 0.365. The lowest BCUT2D eigenvalue weighted by molar-refractivity contribution is -0.149. The van der Waals surface area contributed by atoms with Gasteiger partial charge in [-0.2, -0.15) is 0 Å². The van der Waals surface area contributed by atoms with Crippen LogP contribution in [-0.4, -0.2) is 70.3 Å². The van der Waals surface area contributed by atoms with Gasteiger partial charge in [0.05, 0.1) is 28.6 Å². The van der Waals surface area contributed by atoms with Crippen molar-refractivity contribution in [2.24, 2.45) is 11.8 Å². The molecule has 1 aromatic carbocycles. The number of aliphatic hydroxyl groups is 1. The molecule has 3 aliphatic heterocycles. The number of benzene rings is 1. The summed E-state index contributed by atoms with van der Waals surface area (Å²) in [5, 5.41) is 19.3. The smallest absolute Gasteiger partial charge is 0.310 e. The number of nitrogens with zero attached hydrogens (tertiary/aromatic N) is 2. The number of unbranched alkanes of at least 4 members (excludes halogenated alkanes) is 3. The second kappa shape index (κ2) is 10.1. The zero-order chi connectivity index (χ0) is 24.5. The maximum Gasteiger partial charge on any atom is 0.310 e. The van der Waals surface area contributed by atoms with E-state index in [1.165, 1.54) is 9.80 Å². The molecule has 3 fully saturated rings. The number of halogens is 1. The third-order valence-corrected chi connectivity index (χ3v) is 7.67. The van der Waals surface area contributed by atoms with Crippen molar-refractivity contribution in [2.45, 2.75) is 56.3 Å². The number of hydrogen-bond acceptors (Lipinski definition) is 5. The van der Waals surface area contributed by atoms with E-state index in [2.05, 4.69) is 6.58 Å². The van der Waals surface area contributed by atoms with E-state index in [9.17, 15) is 19.5 Å². The molecule has 0 saturated carbocycles. The van der Waals surface area contributed by atoms with Gasteiger partial charge in [-0.3, -0.25) is 14.4 Å². The van der Waals surface area contributed by atoms with Crippen LogP contribution in [-0.2, 0) is 19.1 Å². The van der Waals surface area contributed by atoms with E-state index in [1.807, 2.05) is 0 Å². The number of anilines is 1. The first-order valence-corrected chi connectivity index (χ1v) is 12.2. The predicted octanol–water partition coefficient (Wildman–Crippen LogP) is 2.87. The van der Waals surface area contributed by atoms with Gasteiger partial charge in [0.1, 0.15) is 11.6 Å². The van der Waals surface area contributed by atoms with Crippen molar-refractivity contribution in [1.29, 1.82) is 0 Å². The number of likely N-dealkylation sites (tertiary alicyclic amines) is 1. The number of carboxylic acid groups (broad SMARTS) is 1. The molecule has 34 heavy (non-hydrogen) atoms. The van der Waals surface area contributed by atoms with Crippen LogP contribution in [0, 0.1) is 11.8 Å². The number of fused-ring (bicyclic) bond motifs is 1. The maximum absolute atomic E-state index is 14.1. The Morgan fingerprint density at radius 2 is 2.00 bits per heavy atom. The third-order valence-electron chi connectivity index (χ3n) is 7.35. The summed E-state index contributed by atoms with van der Waals surface area (Å²) in [6.45, 7) is 4.40. The van der Waals surface area contributed by atoms with Gasteiger partial charge in [0.2, 0.25) is 5.91 Å². The van der Waals surface area contributed by atoms with Crippen molar-refractivity contribution in [2.75, 3.05) is 24.6 Å². The second-order valence-corrected chi connectivity index (χ2v) is 9.66. The van der Waals surface area contributed by atoms with Crippen LogP contribution in [0.2, 0.25) is 5.02 Å². The first-order chi connectivity index (χ1) is 16.4. The second-order valence-electron chi connectivity index (χ2n) is 9.25. The molecule has 0 radical (unpaired) electrons. The summed E-state index contributed by atoms with van der Waals surface area (Å²) in [7, 11) is 0. The summed E-state index contributed by atoms with van der Waals surface area (Å²) >= 11 is 6.42. The monoisotopic (exact) mass is 490 g/mol. The van der Waals surface area contributed by atoms with Crippen molar-refractivity contribution >= 4 is 35.1 Å². The summed E-state index contributed by atoms with van der Waals surface area (Å²) in [5.74, 6) is -3.57. The summed E-state index contributed by atoms with van der Waals surface area (Å²) in [6.07, 6.45) is 4.91. The molecule has 184 valence electrons. The van der Waals surface area contributed by atoms with Gasteiger partial charge >= 0.3 is 5.97 Å². The fraction of sp³-hybridized carbons (Fsp3) is 0.560. The Bertz CT molecular complexity index is 970. The molecule has 4 rings (SSSR count). The number of carbonyl (C=O) groups is 3. The van der Waals surface area contributed by atoms with Crippen molar-refractivity contribution in [3.63, 3.8) is 0 Å². The molecule has 2 bridgehead atoms. The van der Waals surface area contributed by atoms with Gasteiger partial charge in [-0.05, 0) is 37.8 Å². The summed E-state index contributed by atoms with van der Waals surface area (Å²) in [5.41, 5.74) is -0.653. The lowest BCUT2D eigenvalue weighted by Gasteiger charge is -2.37. The molecule has 0 unspecified atom stereocenters. The SMILES string of the molecule is C=CCN(C(=O)[C@@H]1N(CCCCCCO)C(=O)[C@H]2[C@H](C(=O)O)[C@@H]3CC[C@]12O3)c1ccccc1Cl. The van der Waals surface area contributed by atoms with E-state index in [-0.39, 0.29) is 25.0 Å². The van der Waals surface area contributed by atoms with Gasteiger partial charge in [-0.25, -0.2) is 0 Å². The molecule has 3 aliphatic rings. The number of aliphatic hydroxyl groups excluding tert-OH is 1. The number of amides is 2. The minimum atomic E-state index is -1.16. The number of aliphatic carboxylic acids is 1. The average molecular weight is 491 g/mol. The average Bonchev–Trinajstić information content (AvgIpc) is 3.45. The molecule has 2 amide bonds. The topological polar surface area (TPSA) is 107 Å². The van der Waals surface area contributed by atoms with Gasteiger partial charge in [0, 0.05) is 19.7 Å². The summed E-state index contributed by atoms with van der Waals surface area (Å²) in [6, 6.07) is 6.05. The van der Waals surface area contributed by atoms with Crippen LogP contribution < -0.4 is 4.90 Å². The fourth-order valence-corrected chi connectivity index (χ4v) is 6.19. The van der Waals surface area contributed by atoms with Crippen LogP contribution in [0.1, 0.15) is 38.5 Å². The fourth-order valence-electron chi connectivity index (χ4n) is 5.96. The number of hydrogen-bond donors (Lipinski definition) is 2. The van der Waals surface area contributed by atoms with Gasteiger partial charge in [0.15, 0.2) is 0 Å². The maximum atomic E-state index is 14.1. The Labute approximate surface area is 204 Å². The molecular weight excluding hydrogens is 460 g/mol. The number of carbonyl (C=O) groups excluding carboxylic acids is 2. The van der Waals surface area contributed by atoms with Crippen LogP contribution in [0.4, 0.5) is 5.69 Å². The highest BCUT2D eigenvalue weighted by atomic mass is 35.5. The predicted molar refractivity (Wildman–Crippen MR) is 127 cm³/mol. The molecule has 2 N–H and O–H groups in total. The Hall–Kier alpha value is -2.42. The van der Waals surface area contributed by atoms with Crippen LogP contribution in [0.5, 0.6) is 0 Å². The van der Waals surface area contributed by atoms with E-state index in [0.29, 0.717) is 42.9 Å². The van der Waals surface area contributed by atoms with E-state index < -0.39 is 35.6 Å². The molecule has 1 aromatic rings. The standard InChI is InChI=1S/C25H31ClN2O6/c1-2-13-27(17-10-6-5-9-16(17)26)23(31)21-25-12-11-18(34-25)19(24(32)33)20(25)22(30)28(21)14-7-3-4-8-15-29/h2,5-6,9-10,18-21,29H,1,3-4,7-8,11-15H2,(H,32,33)/t18-,19+,20+,21-,25+/m0/s1. The van der Waals surface area contributed by atoms with Gasteiger partial charge in [0.25, 0.3) is 5.91 Å². The zero-order valence-corrected chi connectivity index (χ0v) is 19.8. The van der Waals surface area contributed by atoms with E-state index in [1.54, 1.807) is 30.3 Å². The minimum absolute atomic E-state index is 0.110. The van der Waals surface area contributed by atoms with Gasteiger partial charge < -0.3 is 24.7 Å². The largest absolute Gasteiger partial charge is 0.481 e. The minimum Gasteiger partial charge on any atom is -0.481 e. The molecule has 9 heteroatoms. The highest BCUT2D eigenvalue weighted by Crippen LogP contribution is 2.58. The van der Waals surface area contributed by atoms with E-state index >= 15 is 0 Å². The van der Waals surface area contributed by atoms with Crippen LogP contribution in [0.15, 0.2) is 36.9 Å². The molecule has 0 aliphatic carbocycles. The Morgan fingerprint density at radius 3 is 2.68 bits per heavy atom. The van der Waals surface area contributed by atoms with E-state index in [4.69, 9.17) is 21.4 Å². The molecular formula is C25H31ClN2O6. The zero-order valence-electron chi connectivity index (χ0n) is 19.1. The third kappa shape index (κ3) is 4.01. The Balaban J connectivity index is 1.70. The molecule has 1 spiro atoms. The molecule has 3 heterocycles. The van der Waals surface area contributed by atoms with Crippen molar-refractivity contribution in [3.8, 4) is 0 Å².